The van der Waals surface area contributed by atoms with Crippen LogP contribution in [0.1, 0.15) is 25.7 Å². The number of nitrogens with two attached hydrogens (primary N) is 2. The first kappa shape index (κ1) is 10.4. The molecule has 0 spiro atoms. The Kier molecular flexibility index (Phi) is 3.07. The number of piperazine rings is 1. The van der Waals surface area contributed by atoms with Gasteiger partial charge >= 0.3 is 0 Å². The number of hydrogen-bond donors (Lipinski definition) is 3. The molecule has 0 radical (unpaired) electrons. The Morgan fingerprint density at radius 2 is 1.71 bits per heavy atom. The number of nitrogens with one attached hydrogen (secondary N) is 1. The number of rotatable bonds is 1. The molecule has 1 heterocycles. The van der Waals surface area contributed by atoms with Gasteiger partial charge in [-0.2, -0.15) is 0 Å². The van der Waals surface area contributed by atoms with Crippen LogP contribution in [-0.2, 0) is 0 Å². The molecule has 82 valence electrons. The topological polar surface area (TPSA) is 67.3 Å². The largest absolute Gasteiger partial charge is 0.328 e. The van der Waals surface area contributed by atoms with Crippen LogP contribution in [0.25, 0.3) is 0 Å². The normalized spacial score (nSPS) is 41.1. The van der Waals surface area contributed by atoms with Crippen molar-refractivity contribution in [3.05, 3.63) is 0 Å². The summed E-state index contributed by atoms with van der Waals surface area (Å²) in [6, 6.07) is 0.384. The zero-order valence-corrected chi connectivity index (χ0v) is 8.84. The van der Waals surface area contributed by atoms with Gasteiger partial charge in [0.15, 0.2) is 0 Å². The van der Waals surface area contributed by atoms with Gasteiger partial charge < -0.3 is 16.8 Å². The average Bonchev–Trinajstić information content (AvgIpc) is 2.24. The van der Waals surface area contributed by atoms with E-state index in [9.17, 15) is 0 Å². The summed E-state index contributed by atoms with van der Waals surface area (Å²) in [6.07, 6.45) is 4.29. The zero-order valence-electron chi connectivity index (χ0n) is 8.84. The molecule has 5 N–H and O–H groups in total. The third kappa shape index (κ3) is 2.08. The van der Waals surface area contributed by atoms with Crippen LogP contribution in [0.2, 0.25) is 0 Å². The fourth-order valence-electron chi connectivity index (χ4n) is 2.57. The van der Waals surface area contributed by atoms with Gasteiger partial charge in [-0.25, -0.2) is 0 Å². The lowest BCUT2D eigenvalue weighted by Gasteiger charge is -2.46. The number of nitrogens with zero attached hydrogens (tertiary/aromatic N) is 1. The monoisotopic (exact) mass is 198 g/mol. The van der Waals surface area contributed by atoms with Gasteiger partial charge in [0.2, 0.25) is 0 Å². The van der Waals surface area contributed by atoms with E-state index in [4.69, 9.17) is 11.5 Å². The molecule has 0 aromatic rings. The molecule has 1 aliphatic carbocycles. The first-order chi connectivity index (χ1) is 6.71. The predicted molar refractivity (Wildman–Crippen MR) is 57.8 cm³/mol. The van der Waals surface area contributed by atoms with Crippen LogP contribution >= 0.6 is 0 Å². The van der Waals surface area contributed by atoms with Gasteiger partial charge in [-0.15, -0.1) is 0 Å². The summed E-state index contributed by atoms with van der Waals surface area (Å²) in [4.78, 5) is 2.44. The maximum Gasteiger partial charge on any atom is 0.0689 e. The highest BCUT2D eigenvalue weighted by atomic mass is 15.3. The van der Waals surface area contributed by atoms with Crippen LogP contribution in [0, 0.1) is 0 Å². The highest BCUT2D eigenvalue weighted by Gasteiger charge is 2.36. The van der Waals surface area contributed by atoms with Crippen molar-refractivity contribution >= 4 is 0 Å². The minimum atomic E-state index is -0.0576. The van der Waals surface area contributed by atoms with Crippen molar-refractivity contribution in [1.82, 2.24) is 10.2 Å². The SMILES string of the molecule is NC1CCC(N)(N2CCNCC2)CC1. The molecule has 1 saturated carbocycles. The molecule has 4 heteroatoms. The van der Waals surface area contributed by atoms with Gasteiger partial charge in [0.05, 0.1) is 5.66 Å². The summed E-state index contributed by atoms with van der Waals surface area (Å²) in [6.45, 7) is 4.33. The summed E-state index contributed by atoms with van der Waals surface area (Å²) >= 11 is 0. The molecule has 0 bridgehead atoms. The molecule has 14 heavy (non-hydrogen) atoms. The molecular weight excluding hydrogens is 176 g/mol. The molecule has 4 nitrogen and oxygen atoms in total. The van der Waals surface area contributed by atoms with Crippen LogP contribution in [0.5, 0.6) is 0 Å². The van der Waals surface area contributed by atoms with Crippen molar-refractivity contribution in [2.24, 2.45) is 11.5 Å². The molecule has 2 fully saturated rings. The minimum Gasteiger partial charge on any atom is -0.328 e. The van der Waals surface area contributed by atoms with Crippen molar-refractivity contribution in [1.29, 1.82) is 0 Å². The molecule has 0 unspecified atom stereocenters. The van der Waals surface area contributed by atoms with Gasteiger partial charge in [0.25, 0.3) is 0 Å². The van der Waals surface area contributed by atoms with Crippen molar-refractivity contribution in [3.8, 4) is 0 Å². The van der Waals surface area contributed by atoms with E-state index in [1.165, 1.54) is 0 Å². The van der Waals surface area contributed by atoms with Gasteiger partial charge in [0.1, 0.15) is 0 Å². The van der Waals surface area contributed by atoms with E-state index in [1.54, 1.807) is 0 Å². The molecule has 1 aliphatic heterocycles. The fourth-order valence-corrected chi connectivity index (χ4v) is 2.57. The van der Waals surface area contributed by atoms with E-state index in [-0.39, 0.29) is 5.66 Å². The van der Waals surface area contributed by atoms with Crippen molar-refractivity contribution < 1.29 is 0 Å². The maximum absolute atomic E-state index is 6.44. The van der Waals surface area contributed by atoms with Gasteiger partial charge in [-0.05, 0) is 25.7 Å². The summed E-state index contributed by atoms with van der Waals surface area (Å²) in [5.41, 5.74) is 12.3. The smallest absolute Gasteiger partial charge is 0.0689 e. The van der Waals surface area contributed by atoms with Crippen LogP contribution in [0.3, 0.4) is 0 Å². The van der Waals surface area contributed by atoms with Crippen LogP contribution in [0.15, 0.2) is 0 Å². The zero-order chi connectivity index (χ0) is 10.0. The molecule has 0 aromatic carbocycles. The summed E-state index contributed by atoms with van der Waals surface area (Å²) in [5.74, 6) is 0. The third-order valence-electron chi connectivity index (χ3n) is 3.64. The predicted octanol–water partition coefficient (Wildman–Crippen LogP) is -0.552. The molecular formula is C10H22N4. The van der Waals surface area contributed by atoms with Gasteiger partial charge in [-0.1, -0.05) is 0 Å². The maximum atomic E-state index is 6.44. The first-order valence-electron chi connectivity index (χ1n) is 5.71. The lowest BCUT2D eigenvalue weighted by atomic mass is 9.85. The Morgan fingerprint density at radius 3 is 2.29 bits per heavy atom. The van der Waals surface area contributed by atoms with E-state index in [0.29, 0.717) is 6.04 Å². The summed E-state index contributed by atoms with van der Waals surface area (Å²) in [7, 11) is 0. The summed E-state index contributed by atoms with van der Waals surface area (Å²) in [5, 5.41) is 3.36. The van der Waals surface area contributed by atoms with Crippen LogP contribution in [0.4, 0.5) is 0 Å². The molecule has 0 amide bonds. The van der Waals surface area contributed by atoms with Crippen LogP contribution in [-0.4, -0.2) is 42.8 Å². The Hall–Kier alpha value is -0.160. The second kappa shape index (κ2) is 4.14. The Bertz CT molecular complexity index is 181. The second-order valence-corrected chi connectivity index (χ2v) is 4.68. The Labute approximate surface area is 86.0 Å². The molecule has 2 rings (SSSR count). The average molecular weight is 198 g/mol. The second-order valence-electron chi connectivity index (χ2n) is 4.68. The standard InChI is InChI=1S/C10H22N4/c11-9-1-3-10(12,4-2-9)14-7-5-13-6-8-14/h9,13H,1-8,11-12H2. The fraction of sp³-hybridized carbons (Fsp3) is 1.00. The highest BCUT2D eigenvalue weighted by Crippen LogP contribution is 2.28. The molecule has 2 aliphatic rings. The molecule has 0 aromatic heterocycles. The third-order valence-corrected chi connectivity index (χ3v) is 3.64. The first-order valence-corrected chi connectivity index (χ1v) is 5.71. The Balaban J connectivity index is 1.93. The summed E-state index contributed by atoms with van der Waals surface area (Å²) < 4.78 is 0. The minimum absolute atomic E-state index is 0.0576. The van der Waals surface area contributed by atoms with Crippen LogP contribution < -0.4 is 16.8 Å². The van der Waals surface area contributed by atoms with Crippen molar-refractivity contribution in [3.63, 3.8) is 0 Å². The van der Waals surface area contributed by atoms with Gasteiger partial charge in [0, 0.05) is 32.2 Å². The van der Waals surface area contributed by atoms with E-state index in [0.717, 1.165) is 51.9 Å². The molecule has 1 saturated heterocycles. The molecule has 0 atom stereocenters. The van der Waals surface area contributed by atoms with E-state index in [1.807, 2.05) is 0 Å². The van der Waals surface area contributed by atoms with E-state index in [2.05, 4.69) is 10.2 Å². The quantitative estimate of drug-likeness (QED) is 0.529. The van der Waals surface area contributed by atoms with Gasteiger partial charge in [-0.3, -0.25) is 4.90 Å². The van der Waals surface area contributed by atoms with Crippen molar-refractivity contribution in [2.45, 2.75) is 37.4 Å². The van der Waals surface area contributed by atoms with E-state index >= 15 is 0 Å². The lowest BCUT2D eigenvalue weighted by Crippen LogP contribution is -2.63. The number of hydrogen-bond acceptors (Lipinski definition) is 4. The lowest BCUT2D eigenvalue weighted by molar-refractivity contribution is 0.0401. The highest BCUT2D eigenvalue weighted by molar-refractivity contribution is 4.92. The van der Waals surface area contributed by atoms with E-state index < -0.39 is 0 Å². The van der Waals surface area contributed by atoms with Crippen molar-refractivity contribution in [2.75, 3.05) is 26.2 Å². The Morgan fingerprint density at radius 1 is 1.14 bits per heavy atom.